The van der Waals surface area contributed by atoms with E-state index >= 15 is 0 Å². The molecule has 1 aliphatic heterocycles. The Labute approximate surface area is 123 Å². The molecule has 1 heterocycles. The van der Waals surface area contributed by atoms with Gasteiger partial charge in [0.2, 0.25) is 5.91 Å². The number of benzene rings is 1. The van der Waals surface area contributed by atoms with Gasteiger partial charge in [-0.1, -0.05) is 6.07 Å². The third-order valence-corrected chi connectivity index (χ3v) is 3.30. The van der Waals surface area contributed by atoms with Crippen LogP contribution in [0.25, 0.3) is 0 Å². The summed E-state index contributed by atoms with van der Waals surface area (Å²) in [5, 5.41) is 11.2. The molecule has 1 aliphatic rings. The molecule has 0 saturated carbocycles. The number of carbonyl (C=O) groups is 1. The number of nitrogens with zero attached hydrogens (tertiary/aromatic N) is 1. The van der Waals surface area contributed by atoms with Crippen LogP contribution in [0.4, 0.5) is 5.69 Å². The van der Waals surface area contributed by atoms with Crippen LogP contribution in [0.5, 0.6) is 5.75 Å². The maximum absolute atomic E-state index is 12.2. The summed E-state index contributed by atoms with van der Waals surface area (Å²) in [7, 11) is 0. The number of hydrogen-bond donors (Lipinski definition) is 2. The van der Waals surface area contributed by atoms with E-state index in [4.69, 9.17) is 20.5 Å². The lowest BCUT2D eigenvalue weighted by Crippen LogP contribution is -2.51. The van der Waals surface area contributed by atoms with Gasteiger partial charge in [0.25, 0.3) is 0 Å². The van der Waals surface area contributed by atoms with Gasteiger partial charge in [0, 0.05) is 24.8 Å². The molecular formula is C15H19N3O3. The van der Waals surface area contributed by atoms with Crippen LogP contribution in [-0.4, -0.2) is 31.3 Å². The average molecular weight is 289 g/mol. The minimum Gasteiger partial charge on any atom is -0.493 e. The number of carbonyl (C=O) groups excluding carboxylic acids is 1. The highest BCUT2D eigenvalue weighted by Gasteiger charge is 2.38. The van der Waals surface area contributed by atoms with Gasteiger partial charge in [-0.3, -0.25) is 4.79 Å². The predicted octanol–water partition coefficient (Wildman–Crippen LogP) is 1.43. The van der Waals surface area contributed by atoms with Crippen LogP contribution in [0.1, 0.15) is 19.3 Å². The third kappa shape index (κ3) is 4.18. The lowest BCUT2D eigenvalue weighted by molar-refractivity contribution is -0.121. The molecule has 2 rings (SSSR count). The van der Waals surface area contributed by atoms with E-state index in [2.05, 4.69) is 11.4 Å². The number of hydrogen-bond acceptors (Lipinski definition) is 5. The first-order valence-corrected chi connectivity index (χ1v) is 6.92. The van der Waals surface area contributed by atoms with E-state index in [0.717, 1.165) is 0 Å². The molecule has 21 heavy (non-hydrogen) atoms. The van der Waals surface area contributed by atoms with Crippen LogP contribution < -0.4 is 15.8 Å². The van der Waals surface area contributed by atoms with Gasteiger partial charge in [-0.05, 0) is 25.0 Å². The second-order valence-corrected chi connectivity index (χ2v) is 5.05. The van der Waals surface area contributed by atoms with Crippen molar-refractivity contribution in [3.05, 3.63) is 24.3 Å². The molecule has 0 radical (unpaired) electrons. The number of nitrogens with one attached hydrogen (secondary N) is 1. The molecule has 1 saturated heterocycles. The van der Waals surface area contributed by atoms with E-state index in [1.165, 1.54) is 0 Å². The van der Waals surface area contributed by atoms with Crippen LogP contribution in [0.15, 0.2) is 24.3 Å². The highest BCUT2D eigenvalue weighted by molar-refractivity contribution is 5.98. The van der Waals surface area contributed by atoms with Crippen LogP contribution in [-0.2, 0) is 9.53 Å². The average Bonchev–Trinajstić information content (AvgIpc) is 2.92. The lowest BCUT2D eigenvalue weighted by atomic mass is 9.99. The van der Waals surface area contributed by atoms with Crippen molar-refractivity contribution in [3.63, 3.8) is 0 Å². The number of ether oxygens (including phenoxy) is 2. The molecule has 1 fully saturated rings. The van der Waals surface area contributed by atoms with Crippen LogP contribution in [0, 0.1) is 11.3 Å². The fourth-order valence-electron chi connectivity index (χ4n) is 2.02. The second-order valence-electron chi connectivity index (χ2n) is 5.05. The number of rotatable bonds is 6. The van der Waals surface area contributed by atoms with Gasteiger partial charge in [0.05, 0.1) is 19.3 Å². The maximum atomic E-state index is 12.2. The predicted molar refractivity (Wildman–Crippen MR) is 77.8 cm³/mol. The summed E-state index contributed by atoms with van der Waals surface area (Å²) in [6.45, 7) is 1.22. The van der Waals surface area contributed by atoms with Gasteiger partial charge in [0.1, 0.15) is 11.3 Å². The fourth-order valence-corrected chi connectivity index (χ4v) is 2.02. The zero-order chi connectivity index (χ0) is 15.1. The largest absolute Gasteiger partial charge is 0.493 e. The van der Waals surface area contributed by atoms with E-state index in [1.54, 1.807) is 24.3 Å². The van der Waals surface area contributed by atoms with E-state index < -0.39 is 5.54 Å². The number of unbranched alkanes of at least 4 members (excludes halogenated alkanes) is 1. The quantitative estimate of drug-likeness (QED) is 0.772. The Morgan fingerprint density at radius 3 is 3.14 bits per heavy atom. The van der Waals surface area contributed by atoms with Gasteiger partial charge >= 0.3 is 0 Å². The number of amides is 1. The number of anilines is 1. The van der Waals surface area contributed by atoms with Crippen molar-refractivity contribution in [2.45, 2.75) is 24.8 Å². The van der Waals surface area contributed by atoms with Gasteiger partial charge < -0.3 is 20.5 Å². The van der Waals surface area contributed by atoms with Crippen molar-refractivity contribution in [1.82, 2.24) is 0 Å². The molecule has 0 bridgehead atoms. The molecule has 3 N–H and O–H groups in total. The molecule has 6 heteroatoms. The highest BCUT2D eigenvalue weighted by Crippen LogP contribution is 2.21. The van der Waals surface area contributed by atoms with Crippen LogP contribution in [0.3, 0.4) is 0 Å². The Balaban J connectivity index is 1.91. The normalized spacial score (nSPS) is 20.8. The van der Waals surface area contributed by atoms with Crippen molar-refractivity contribution in [3.8, 4) is 11.8 Å². The van der Waals surface area contributed by atoms with Crippen molar-refractivity contribution >= 4 is 11.6 Å². The van der Waals surface area contributed by atoms with Crippen molar-refractivity contribution in [2.75, 3.05) is 25.1 Å². The molecule has 112 valence electrons. The van der Waals surface area contributed by atoms with Gasteiger partial charge in [-0.2, -0.15) is 5.26 Å². The summed E-state index contributed by atoms with van der Waals surface area (Å²) in [4.78, 5) is 12.2. The fraction of sp³-hybridized carbons (Fsp3) is 0.467. The second kappa shape index (κ2) is 7.07. The Morgan fingerprint density at radius 2 is 2.43 bits per heavy atom. The molecule has 0 spiro atoms. The molecule has 1 amide bonds. The van der Waals surface area contributed by atoms with Gasteiger partial charge in [-0.15, -0.1) is 0 Å². The molecular weight excluding hydrogens is 270 g/mol. The molecule has 1 unspecified atom stereocenters. The SMILES string of the molecule is N#CCCCOc1cccc(NC(=O)C2(N)CCOC2)c1. The Hall–Kier alpha value is -2.10. The van der Waals surface area contributed by atoms with Gasteiger partial charge in [0.15, 0.2) is 0 Å². The highest BCUT2D eigenvalue weighted by atomic mass is 16.5. The first-order valence-electron chi connectivity index (χ1n) is 6.92. The van der Waals surface area contributed by atoms with E-state index in [1.807, 2.05) is 0 Å². The Morgan fingerprint density at radius 1 is 1.57 bits per heavy atom. The molecule has 1 aromatic carbocycles. The van der Waals surface area contributed by atoms with E-state index in [-0.39, 0.29) is 12.5 Å². The molecule has 0 aliphatic carbocycles. The van der Waals surface area contributed by atoms with Crippen molar-refractivity contribution in [1.29, 1.82) is 5.26 Å². The Bertz CT molecular complexity index is 533. The number of nitrogens with two attached hydrogens (primary N) is 1. The van der Waals surface area contributed by atoms with E-state index in [9.17, 15) is 4.79 Å². The van der Waals surface area contributed by atoms with Gasteiger partial charge in [-0.25, -0.2) is 0 Å². The lowest BCUT2D eigenvalue weighted by Gasteiger charge is -2.20. The maximum Gasteiger partial charge on any atom is 0.246 e. The minimum atomic E-state index is -0.955. The molecule has 1 atom stereocenters. The first-order chi connectivity index (χ1) is 10.1. The zero-order valence-electron chi connectivity index (χ0n) is 11.8. The standard InChI is InChI=1S/C15H19N3O3/c16-7-1-2-8-21-13-5-3-4-12(10-13)18-14(19)15(17)6-9-20-11-15/h3-5,10H,1-2,6,8-9,11,17H2,(H,18,19). The minimum absolute atomic E-state index is 0.239. The summed E-state index contributed by atoms with van der Waals surface area (Å²) in [6.07, 6.45) is 1.66. The van der Waals surface area contributed by atoms with Crippen LogP contribution >= 0.6 is 0 Å². The smallest absolute Gasteiger partial charge is 0.246 e. The molecule has 6 nitrogen and oxygen atoms in total. The first kappa shape index (κ1) is 15.3. The number of nitriles is 1. The van der Waals surface area contributed by atoms with Crippen LogP contribution in [0.2, 0.25) is 0 Å². The summed E-state index contributed by atoms with van der Waals surface area (Å²) < 4.78 is 10.7. The summed E-state index contributed by atoms with van der Waals surface area (Å²) in [6, 6.07) is 9.18. The summed E-state index contributed by atoms with van der Waals surface area (Å²) in [5.74, 6) is 0.404. The third-order valence-electron chi connectivity index (χ3n) is 3.30. The summed E-state index contributed by atoms with van der Waals surface area (Å²) >= 11 is 0. The molecule has 1 aromatic rings. The molecule has 0 aromatic heterocycles. The summed E-state index contributed by atoms with van der Waals surface area (Å²) in [5.41, 5.74) is 5.68. The topological polar surface area (TPSA) is 97.4 Å². The van der Waals surface area contributed by atoms with E-state index in [0.29, 0.717) is 43.9 Å². The Kier molecular flexibility index (Phi) is 5.14. The van der Waals surface area contributed by atoms with Crippen molar-refractivity contribution < 1.29 is 14.3 Å². The monoisotopic (exact) mass is 289 g/mol. The van der Waals surface area contributed by atoms with Crippen molar-refractivity contribution in [2.24, 2.45) is 5.73 Å². The zero-order valence-corrected chi connectivity index (χ0v) is 11.8.